The van der Waals surface area contributed by atoms with Crippen LogP contribution in [0.15, 0.2) is 17.9 Å². The minimum atomic E-state index is -0.870. The average molecular weight is 238 g/mol. The molecule has 0 fully saturated rings. The smallest absolute Gasteiger partial charge is 0.309 e. The first-order valence-corrected chi connectivity index (χ1v) is 5.49. The third-order valence-electron chi connectivity index (χ3n) is 1.87. The molecule has 0 spiro atoms. The van der Waals surface area contributed by atoms with Crippen molar-refractivity contribution in [3.63, 3.8) is 0 Å². The van der Waals surface area contributed by atoms with Crippen LogP contribution in [0.3, 0.4) is 0 Å². The summed E-state index contributed by atoms with van der Waals surface area (Å²) in [5, 5.41) is 14.1. The second-order valence-electron chi connectivity index (χ2n) is 3.14. The fourth-order valence-corrected chi connectivity index (χ4v) is 1.89. The first-order valence-electron chi connectivity index (χ1n) is 4.61. The van der Waals surface area contributed by atoms with Gasteiger partial charge in [-0.05, 0) is 0 Å². The summed E-state index contributed by atoms with van der Waals surface area (Å²) in [6, 6.07) is 0. The standard InChI is InChI=1S/C9H10N4O2S/c14-8(15)1-6-4-16-9(13-6)11-3-7-2-10-5-12-7/h2,4-5H,1,3H2,(H,10,12)(H,11,13)(H,14,15). The Bertz CT molecular complexity index is 466. The Hall–Kier alpha value is -1.89. The Morgan fingerprint density at radius 2 is 2.50 bits per heavy atom. The van der Waals surface area contributed by atoms with E-state index in [4.69, 9.17) is 5.11 Å². The molecule has 0 amide bonds. The Kier molecular flexibility index (Phi) is 3.16. The summed E-state index contributed by atoms with van der Waals surface area (Å²) in [4.78, 5) is 21.4. The van der Waals surface area contributed by atoms with Crippen LogP contribution in [0.25, 0.3) is 0 Å². The number of carbonyl (C=O) groups is 1. The Morgan fingerprint density at radius 1 is 1.62 bits per heavy atom. The molecule has 3 N–H and O–H groups in total. The third kappa shape index (κ3) is 2.80. The molecule has 7 heteroatoms. The van der Waals surface area contributed by atoms with Crippen molar-refractivity contribution in [3.05, 3.63) is 29.3 Å². The van der Waals surface area contributed by atoms with Gasteiger partial charge in [0.25, 0.3) is 0 Å². The maximum atomic E-state index is 10.5. The van der Waals surface area contributed by atoms with E-state index in [0.717, 1.165) is 5.69 Å². The summed E-state index contributed by atoms with van der Waals surface area (Å²) < 4.78 is 0. The van der Waals surface area contributed by atoms with Crippen LogP contribution in [-0.4, -0.2) is 26.0 Å². The molecule has 2 heterocycles. The summed E-state index contributed by atoms with van der Waals surface area (Å²) in [6.45, 7) is 0.597. The highest BCUT2D eigenvalue weighted by atomic mass is 32.1. The maximum absolute atomic E-state index is 10.5. The van der Waals surface area contributed by atoms with E-state index in [9.17, 15) is 4.79 Å². The van der Waals surface area contributed by atoms with Gasteiger partial charge >= 0.3 is 5.97 Å². The summed E-state index contributed by atoms with van der Waals surface area (Å²) in [6.07, 6.45) is 3.29. The number of nitrogens with zero attached hydrogens (tertiary/aromatic N) is 2. The SMILES string of the molecule is O=C(O)Cc1csc(NCc2cnc[nH]2)n1. The van der Waals surface area contributed by atoms with Gasteiger partial charge in [-0.1, -0.05) is 0 Å². The molecule has 0 aliphatic rings. The number of aliphatic carboxylic acids is 1. The number of aromatic nitrogens is 3. The summed E-state index contributed by atoms with van der Waals surface area (Å²) in [5.41, 5.74) is 1.53. The van der Waals surface area contributed by atoms with E-state index in [1.165, 1.54) is 11.3 Å². The Morgan fingerprint density at radius 3 is 3.19 bits per heavy atom. The average Bonchev–Trinajstić information content (AvgIpc) is 2.84. The van der Waals surface area contributed by atoms with E-state index in [1.807, 2.05) is 0 Å². The number of H-pyrrole nitrogens is 1. The van der Waals surface area contributed by atoms with Gasteiger partial charge < -0.3 is 15.4 Å². The number of anilines is 1. The normalized spacial score (nSPS) is 10.2. The highest BCUT2D eigenvalue weighted by Crippen LogP contribution is 2.16. The van der Waals surface area contributed by atoms with Crippen LogP contribution in [0.2, 0.25) is 0 Å². The number of imidazole rings is 1. The largest absolute Gasteiger partial charge is 0.481 e. The number of hydrogen-bond donors (Lipinski definition) is 3. The zero-order valence-corrected chi connectivity index (χ0v) is 9.12. The van der Waals surface area contributed by atoms with E-state index in [2.05, 4.69) is 20.3 Å². The predicted molar refractivity (Wildman–Crippen MR) is 59.4 cm³/mol. The van der Waals surface area contributed by atoms with Gasteiger partial charge in [0.2, 0.25) is 0 Å². The molecular weight excluding hydrogens is 228 g/mol. The van der Waals surface area contributed by atoms with E-state index in [0.29, 0.717) is 17.4 Å². The zero-order chi connectivity index (χ0) is 11.4. The number of rotatable bonds is 5. The molecule has 2 rings (SSSR count). The molecular formula is C9H10N4O2S. The summed E-state index contributed by atoms with van der Waals surface area (Å²) in [5.74, 6) is -0.870. The summed E-state index contributed by atoms with van der Waals surface area (Å²) in [7, 11) is 0. The van der Waals surface area contributed by atoms with Crippen LogP contribution in [0, 0.1) is 0 Å². The molecule has 6 nitrogen and oxygen atoms in total. The lowest BCUT2D eigenvalue weighted by Gasteiger charge is -1.98. The second kappa shape index (κ2) is 4.75. The van der Waals surface area contributed by atoms with Crippen molar-refractivity contribution in [2.75, 3.05) is 5.32 Å². The number of nitrogens with one attached hydrogen (secondary N) is 2. The van der Waals surface area contributed by atoms with E-state index < -0.39 is 5.97 Å². The van der Waals surface area contributed by atoms with E-state index in [-0.39, 0.29) is 6.42 Å². The molecule has 2 aromatic rings. The second-order valence-corrected chi connectivity index (χ2v) is 4.00. The Labute approximate surface area is 95.4 Å². The topological polar surface area (TPSA) is 90.9 Å². The number of carboxylic acids is 1. The van der Waals surface area contributed by atoms with Crippen LogP contribution in [-0.2, 0) is 17.8 Å². The van der Waals surface area contributed by atoms with Gasteiger partial charge in [-0.15, -0.1) is 11.3 Å². The molecule has 16 heavy (non-hydrogen) atoms. The van der Waals surface area contributed by atoms with Gasteiger partial charge in [0.1, 0.15) is 0 Å². The molecule has 0 saturated carbocycles. The fourth-order valence-electron chi connectivity index (χ4n) is 1.18. The highest BCUT2D eigenvalue weighted by Gasteiger charge is 2.05. The molecule has 84 valence electrons. The first-order chi connectivity index (χ1) is 7.74. The molecule has 0 atom stereocenters. The minimum Gasteiger partial charge on any atom is -0.481 e. The van der Waals surface area contributed by atoms with Crippen molar-refractivity contribution in [1.82, 2.24) is 15.0 Å². The lowest BCUT2D eigenvalue weighted by molar-refractivity contribution is -0.136. The van der Waals surface area contributed by atoms with Crippen LogP contribution in [0.4, 0.5) is 5.13 Å². The molecule has 0 aliphatic heterocycles. The number of thiazole rings is 1. The van der Waals surface area contributed by atoms with Crippen LogP contribution in [0.1, 0.15) is 11.4 Å². The van der Waals surface area contributed by atoms with Gasteiger partial charge in [0, 0.05) is 11.6 Å². The van der Waals surface area contributed by atoms with Crippen molar-refractivity contribution < 1.29 is 9.90 Å². The van der Waals surface area contributed by atoms with E-state index in [1.54, 1.807) is 17.9 Å². The van der Waals surface area contributed by atoms with Crippen LogP contribution in [0.5, 0.6) is 0 Å². The number of carboxylic acid groups (broad SMARTS) is 1. The van der Waals surface area contributed by atoms with Crippen molar-refractivity contribution in [3.8, 4) is 0 Å². The Balaban J connectivity index is 1.90. The van der Waals surface area contributed by atoms with Gasteiger partial charge in [-0.2, -0.15) is 0 Å². The number of hydrogen-bond acceptors (Lipinski definition) is 5. The first kappa shape index (κ1) is 10.6. The molecule has 0 bridgehead atoms. The van der Waals surface area contributed by atoms with Crippen molar-refractivity contribution in [1.29, 1.82) is 0 Å². The predicted octanol–water partition coefficient (Wildman–Crippen LogP) is 1.11. The van der Waals surface area contributed by atoms with Crippen LogP contribution >= 0.6 is 11.3 Å². The van der Waals surface area contributed by atoms with Crippen molar-refractivity contribution in [2.24, 2.45) is 0 Å². The van der Waals surface area contributed by atoms with Gasteiger partial charge in [0.05, 0.1) is 30.7 Å². The highest BCUT2D eigenvalue weighted by molar-refractivity contribution is 7.13. The molecule has 0 aliphatic carbocycles. The molecule has 2 aromatic heterocycles. The third-order valence-corrected chi connectivity index (χ3v) is 2.72. The molecule has 0 radical (unpaired) electrons. The van der Waals surface area contributed by atoms with Gasteiger partial charge in [-0.25, -0.2) is 9.97 Å². The number of aromatic amines is 1. The molecule has 0 unspecified atom stereocenters. The molecule has 0 saturated heterocycles. The lowest BCUT2D eigenvalue weighted by Crippen LogP contribution is -2.02. The van der Waals surface area contributed by atoms with Gasteiger partial charge in [0.15, 0.2) is 5.13 Å². The minimum absolute atomic E-state index is 0.0394. The zero-order valence-electron chi connectivity index (χ0n) is 8.30. The van der Waals surface area contributed by atoms with Crippen molar-refractivity contribution >= 4 is 22.4 Å². The quantitative estimate of drug-likeness (QED) is 0.725. The lowest BCUT2D eigenvalue weighted by atomic mass is 10.3. The van der Waals surface area contributed by atoms with Crippen molar-refractivity contribution in [2.45, 2.75) is 13.0 Å². The van der Waals surface area contributed by atoms with Crippen LogP contribution < -0.4 is 5.32 Å². The fraction of sp³-hybridized carbons (Fsp3) is 0.222. The molecule has 0 aromatic carbocycles. The van der Waals surface area contributed by atoms with Gasteiger partial charge in [-0.3, -0.25) is 4.79 Å². The maximum Gasteiger partial charge on any atom is 0.309 e. The van der Waals surface area contributed by atoms with E-state index >= 15 is 0 Å². The monoisotopic (exact) mass is 238 g/mol. The summed E-state index contributed by atoms with van der Waals surface area (Å²) >= 11 is 1.39.